The highest BCUT2D eigenvalue weighted by Crippen LogP contribution is 2.00. The van der Waals surface area contributed by atoms with Gasteiger partial charge in [-0.15, -0.1) is 0 Å². The molecule has 0 heterocycles. The number of amides is 1. The van der Waals surface area contributed by atoms with Gasteiger partial charge in [-0.1, -0.05) is 26.8 Å². The first-order valence-electron chi connectivity index (χ1n) is 6.72. The number of carbonyl (C=O) groups is 2. The van der Waals surface area contributed by atoms with Gasteiger partial charge >= 0.3 is 5.97 Å². The molecule has 0 aromatic carbocycles. The predicted octanol–water partition coefficient (Wildman–Crippen LogP) is 2.53. The van der Waals surface area contributed by atoms with Gasteiger partial charge in [0.15, 0.2) is 0 Å². The maximum atomic E-state index is 11.5. The zero-order valence-electron chi connectivity index (χ0n) is 11.6. The summed E-state index contributed by atoms with van der Waals surface area (Å²) in [5.41, 5.74) is 0. The van der Waals surface area contributed by atoms with Crippen LogP contribution in [-0.2, 0) is 14.3 Å². The molecule has 0 fully saturated rings. The first-order valence-corrected chi connectivity index (χ1v) is 6.72. The van der Waals surface area contributed by atoms with E-state index in [1.807, 2.05) is 6.92 Å². The van der Waals surface area contributed by atoms with Crippen LogP contribution in [0, 0.1) is 0 Å². The van der Waals surface area contributed by atoms with E-state index in [-0.39, 0.29) is 11.9 Å². The molecule has 0 aromatic rings. The molecule has 104 valence electrons. The summed E-state index contributed by atoms with van der Waals surface area (Å²) in [6.45, 7) is 9.26. The van der Waals surface area contributed by atoms with Gasteiger partial charge in [-0.05, 0) is 25.3 Å². The lowest BCUT2D eigenvalue weighted by Gasteiger charge is -2.20. The van der Waals surface area contributed by atoms with E-state index in [9.17, 15) is 9.59 Å². The molecule has 0 aliphatic heterocycles. The minimum Gasteiger partial charge on any atom is -0.466 e. The van der Waals surface area contributed by atoms with Crippen molar-refractivity contribution in [2.45, 2.75) is 46.0 Å². The summed E-state index contributed by atoms with van der Waals surface area (Å²) in [6.07, 6.45) is 5.31. The lowest BCUT2D eigenvalue weighted by atomic mass is 10.3. The lowest BCUT2D eigenvalue weighted by molar-refractivity contribution is -0.143. The van der Waals surface area contributed by atoms with Crippen molar-refractivity contribution in [3.63, 3.8) is 0 Å². The molecule has 0 rings (SSSR count). The minimum absolute atomic E-state index is 0.0525. The van der Waals surface area contributed by atoms with Crippen LogP contribution in [0.5, 0.6) is 0 Å². The summed E-state index contributed by atoms with van der Waals surface area (Å²) in [4.78, 5) is 24.4. The van der Waals surface area contributed by atoms with Crippen LogP contribution < -0.4 is 0 Å². The standard InChI is InChI=1S/C14H25NO3/c1-4-7-10-15(13(16)6-3)11-8-12-18-14(17)9-5-2/h6H,3-5,7-12H2,1-2H3. The first-order chi connectivity index (χ1) is 8.65. The molecule has 0 spiro atoms. The van der Waals surface area contributed by atoms with Crippen molar-refractivity contribution in [2.75, 3.05) is 19.7 Å². The highest BCUT2D eigenvalue weighted by atomic mass is 16.5. The number of nitrogens with zero attached hydrogens (tertiary/aromatic N) is 1. The fourth-order valence-electron chi connectivity index (χ4n) is 1.53. The number of hydrogen-bond donors (Lipinski definition) is 0. The summed E-state index contributed by atoms with van der Waals surface area (Å²) >= 11 is 0. The van der Waals surface area contributed by atoms with Crippen molar-refractivity contribution in [3.8, 4) is 0 Å². The molecule has 0 aliphatic rings. The van der Waals surface area contributed by atoms with Gasteiger partial charge < -0.3 is 9.64 Å². The summed E-state index contributed by atoms with van der Waals surface area (Å²) in [5, 5.41) is 0. The average molecular weight is 255 g/mol. The fraction of sp³-hybridized carbons (Fsp3) is 0.714. The van der Waals surface area contributed by atoms with Crippen LogP contribution in [0.4, 0.5) is 0 Å². The Morgan fingerprint density at radius 2 is 1.83 bits per heavy atom. The smallest absolute Gasteiger partial charge is 0.305 e. The van der Waals surface area contributed by atoms with Gasteiger partial charge in [-0.2, -0.15) is 0 Å². The Labute approximate surface area is 110 Å². The lowest BCUT2D eigenvalue weighted by Crippen LogP contribution is -2.32. The molecule has 4 nitrogen and oxygen atoms in total. The Kier molecular flexibility index (Phi) is 10.0. The molecule has 0 radical (unpaired) electrons. The van der Waals surface area contributed by atoms with E-state index in [1.54, 1.807) is 4.90 Å². The summed E-state index contributed by atoms with van der Waals surface area (Å²) in [7, 11) is 0. The van der Waals surface area contributed by atoms with E-state index in [1.165, 1.54) is 6.08 Å². The maximum Gasteiger partial charge on any atom is 0.305 e. The van der Waals surface area contributed by atoms with E-state index in [4.69, 9.17) is 4.74 Å². The van der Waals surface area contributed by atoms with Crippen LogP contribution in [0.3, 0.4) is 0 Å². The van der Waals surface area contributed by atoms with E-state index in [0.29, 0.717) is 26.0 Å². The zero-order chi connectivity index (χ0) is 13.8. The molecule has 0 saturated heterocycles. The van der Waals surface area contributed by atoms with Crippen molar-refractivity contribution < 1.29 is 14.3 Å². The Hall–Kier alpha value is -1.32. The van der Waals surface area contributed by atoms with Crippen LogP contribution >= 0.6 is 0 Å². The molecule has 0 bridgehead atoms. The van der Waals surface area contributed by atoms with Gasteiger partial charge in [0.1, 0.15) is 0 Å². The van der Waals surface area contributed by atoms with Crippen LogP contribution in [0.2, 0.25) is 0 Å². The Morgan fingerprint density at radius 1 is 1.17 bits per heavy atom. The molecule has 0 aliphatic carbocycles. The molecule has 18 heavy (non-hydrogen) atoms. The van der Waals surface area contributed by atoms with E-state index >= 15 is 0 Å². The Bertz CT molecular complexity index is 264. The van der Waals surface area contributed by atoms with Gasteiger partial charge in [0.05, 0.1) is 6.61 Å². The normalized spacial score (nSPS) is 9.89. The molecule has 4 heteroatoms. The maximum absolute atomic E-state index is 11.5. The predicted molar refractivity (Wildman–Crippen MR) is 72.2 cm³/mol. The number of rotatable bonds is 10. The van der Waals surface area contributed by atoms with Gasteiger partial charge in [0, 0.05) is 19.5 Å². The molecular weight excluding hydrogens is 230 g/mol. The second kappa shape index (κ2) is 10.8. The van der Waals surface area contributed by atoms with Crippen molar-refractivity contribution in [2.24, 2.45) is 0 Å². The van der Waals surface area contributed by atoms with Crippen LogP contribution in [0.25, 0.3) is 0 Å². The van der Waals surface area contributed by atoms with Crippen molar-refractivity contribution in [1.82, 2.24) is 4.90 Å². The van der Waals surface area contributed by atoms with Gasteiger partial charge in [-0.25, -0.2) is 0 Å². The number of ether oxygens (including phenoxy) is 1. The van der Waals surface area contributed by atoms with Gasteiger partial charge in [0.25, 0.3) is 0 Å². The summed E-state index contributed by atoms with van der Waals surface area (Å²) in [5.74, 6) is -0.212. The third kappa shape index (κ3) is 7.87. The fourth-order valence-corrected chi connectivity index (χ4v) is 1.53. The zero-order valence-corrected chi connectivity index (χ0v) is 11.6. The largest absolute Gasteiger partial charge is 0.466 e. The first kappa shape index (κ1) is 16.7. The van der Waals surface area contributed by atoms with Gasteiger partial charge in [0.2, 0.25) is 5.91 Å². The van der Waals surface area contributed by atoms with Crippen LogP contribution in [0.15, 0.2) is 12.7 Å². The number of unbranched alkanes of at least 4 members (excludes halogenated alkanes) is 1. The molecule has 1 amide bonds. The molecule has 0 atom stereocenters. The second-order valence-corrected chi connectivity index (χ2v) is 4.21. The highest BCUT2D eigenvalue weighted by molar-refractivity contribution is 5.86. The van der Waals surface area contributed by atoms with E-state index in [2.05, 4.69) is 13.5 Å². The number of esters is 1. The highest BCUT2D eigenvalue weighted by Gasteiger charge is 2.09. The average Bonchev–Trinajstić information content (AvgIpc) is 2.37. The van der Waals surface area contributed by atoms with Crippen LogP contribution in [0.1, 0.15) is 46.0 Å². The monoisotopic (exact) mass is 255 g/mol. The van der Waals surface area contributed by atoms with E-state index < -0.39 is 0 Å². The minimum atomic E-state index is -0.160. The quantitative estimate of drug-likeness (QED) is 0.342. The van der Waals surface area contributed by atoms with Crippen molar-refractivity contribution >= 4 is 11.9 Å². The second-order valence-electron chi connectivity index (χ2n) is 4.21. The summed E-state index contributed by atoms with van der Waals surface area (Å²) in [6, 6.07) is 0. The third-order valence-electron chi connectivity index (χ3n) is 2.56. The molecule has 0 saturated carbocycles. The SMILES string of the molecule is C=CC(=O)N(CCCC)CCCOC(=O)CCC. The van der Waals surface area contributed by atoms with Gasteiger partial charge in [-0.3, -0.25) is 9.59 Å². The molecule has 0 aromatic heterocycles. The number of hydrogen-bond acceptors (Lipinski definition) is 3. The topological polar surface area (TPSA) is 46.6 Å². The van der Waals surface area contributed by atoms with Crippen molar-refractivity contribution in [3.05, 3.63) is 12.7 Å². The van der Waals surface area contributed by atoms with Crippen LogP contribution in [-0.4, -0.2) is 36.5 Å². The van der Waals surface area contributed by atoms with E-state index in [0.717, 1.165) is 25.8 Å². The molecule has 0 unspecified atom stereocenters. The van der Waals surface area contributed by atoms with Crippen molar-refractivity contribution in [1.29, 1.82) is 0 Å². The number of carbonyl (C=O) groups excluding carboxylic acids is 2. The Balaban J connectivity index is 3.85. The third-order valence-corrected chi connectivity index (χ3v) is 2.56. The summed E-state index contributed by atoms with van der Waals surface area (Å²) < 4.78 is 5.05. The molecule has 0 N–H and O–H groups in total. The Morgan fingerprint density at radius 3 is 2.39 bits per heavy atom. The molecular formula is C14H25NO3.